The van der Waals surface area contributed by atoms with E-state index in [0.717, 1.165) is 24.9 Å². The number of benzene rings is 1. The normalized spacial score (nSPS) is 45.6. The molecule has 1 aliphatic carbocycles. The maximum absolute atomic E-state index is 11.5. The van der Waals surface area contributed by atoms with Gasteiger partial charge < -0.3 is 20.3 Å². The van der Waals surface area contributed by atoms with Crippen molar-refractivity contribution in [3.8, 4) is 5.75 Å². The fourth-order valence-corrected chi connectivity index (χ4v) is 6.15. The van der Waals surface area contributed by atoms with Gasteiger partial charge >= 0.3 is 0 Å². The van der Waals surface area contributed by atoms with Crippen molar-refractivity contribution in [3.05, 3.63) is 24.3 Å². The van der Waals surface area contributed by atoms with Gasteiger partial charge in [0.25, 0.3) is 0 Å². The highest BCUT2D eigenvalue weighted by atomic mass is 16.7. The van der Waals surface area contributed by atoms with Crippen LogP contribution in [0.1, 0.15) is 53.4 Å². The van der Waals surface area contributed by atoms with Gasteiger partial charge in [-0.1, -0.05) is 20.8 Å². The fourth-order valence-electron chi connectivity index (χ4n) is 6.15. The topological polar surface area (TPSA) is 61.7 Å². The van der Waals surface area contributed by atoms with Gasteiger partial charge in [0.1, 0.15) is 5.75 Å². The summed E-state index contributed by atoms with van der Waals surface area (Å²) in [5, 5.41) is 24.7. The van der Waals surface area contributed by atoms with Gasteiger partial charge in [-0.15, -0.1) is 0 Å². The highest BCUT2D eigenvalue weighted by Gasteiger charge is 2.71. The van der Waals surface area contributed by atoms with Gasteiger partial charge in [0.2, 0.25) is 0 Å². The maximum atomic E-state index is 11.5. The molecule has 6 unspecified atom stereocenters. The molecule has 2 aliphatic heterocycles. The van der Waals surface area contributed by atoms with Crippen molar-refractivity contribution in [2.75, 3.05) is 5.32 Å². The van der Waals surface area contributed by atoms with E-state index in [0.29, 0.717) is 24.2 Å². The van der Waals surface area contributed by atoms with Gasteiger partial charge in [-0.2, -0.15) is 0 Å². The van der Waals surface area contributed by atoms with Crippen LogP contribution in [0.25, 0.3) is 0 Å². The largest absolute Gasteiger partial charge is 0.508 e. The minimum absolute atomic E-state index is 0.180. The number of hydrogen-bond acceptors (Lipinski definition) is 4. The van der Waals surface area contributed by atoms with Crippen LogP contribution in [-0.2, 0) is 4.74 Å². The first kappa shape index (κ1) is 17.2. The molecule has 3 fully saturated rings. The van der Waals surface area contributed by atoms with Crippen LogP contribution in [0.4, 0.5) is 5.69 Å². The quantitative estimate of drug-likeness (QED) is 0.721. The molecule has 1 aromatic rings. The number of fused-ring (bicyclic) bond motifs is 1. The summed E-state index contributed by atoms with van der Waals surface area (Å²) < 4.78 is 6.51. The lowest BCUT2D eigenvalue weighted by atomic mass is 9.70. The Morgan fingerprint density at radius 1 is 1.20 bits per heavy atom. The zero-order valence-electron chi connectivity index (χ0n) is 15.7. The van der Waals surface area contributed by atoms with E-state index >= 15 is 0 Å². The number of ether oxygens (including phenoxy) is 1. The number of aliphatic hydroxyl groups is 1. The molecule has 25 heavy (non-hydrogen) atoms. The summed E-state index contributed by atoms with van der Waals surface area (Å²) >= 11 is 0. The fraction of sp³-hybridized carbons (Fsp3) is 0.714. The predicted octanol–water partition coefficient (Wildman–Crippen LogP) is 4.13. The molecule has 4 heteroatoms. The van der Waals surface area contributed by atoms with Crippen molar-refractivity contribution in [1.29, 1.82) is 0 Å². The third kappa shape index (κ3) is 2.41. The van der Waals surface area contributed by atoms with E-state index in [1.54, 1.807) is 12.1 Å². The molecule has 6 atom stereocenters. The Morgan fingerprint density at radius 2 is 1.88 bits per heavy atom. The molecule has 1 spiro atoms. The standard InChI is InChI=1S/C21H31NO3/c1-13(2)17-11-20-14(3)5-10-18(20)19(4,12-21(17,24)25-20)22-15-6-8-16(23)9-7-15/h6-9,13-14,17-18,22-24H,5,10-12H2,1-4H3. The SMILES string of the molecule is CC(C)C1CC23OC1(O)CC(C)(Nc1ccc(O)cc1)C2CCC3C. The molecule has 138 valence electrons. The first-order valence-corrected chi connectivity index (χ1v) is 9.68. The summed E-state index contributed by atoms with van der Waals surface area (Å²) in [4.78, 5) is 0. The Kier molecular flexibility index (Phi) is 3.69. The Labute approximate surface area is 150 Å². The Balaban J connectivity index is 1.73. The third-order valence-corrected chi connectivity index (χ3v) is 7.29. The lowest BCUT2D eigenvalue weighted by Crippen LogP contribution is -2.62. The van der Waals surface area contributed by atoms with Crippen molar-refractivity contribution < 1.29 is 14.9 Å². The number of nitrogens with one attached hydrogen (secondary N) is 1. The van der Waals surface area contributed by atoms with Crippen molar-refractivity contribution >= 4 is 5.69 Å². The highest BCUT2D eigenvalue weighted by Crippen LogP contribution is 2.65. The van der Waals surface area contributed by atoms with Crippen molar-refractivity contribution in [3.63, 3.8) is 0 Å². The Bertz CT molecular complexity index is 660. The molecular formula is C21H31NO3. The van der Waals surface area contributed by atoms with Crippen molar-refractivity contribution in [1.82, 2.24) is 0 Å². The number of aromatic hydroxyl groups is 1. The van der Waals surface area contributed by atoms with E-state index in [1.165, 1.54) is 0 Å². The van der Waals surface area contributed by atoms with E-state index in [1.807, 2.05) is 12.1 Å². The molecule has 2 bridgehead atoms. The average molecular weight is 345 g/mol. The highest BCUT2D eigenvalue weighted by molar-refractivity contribution is 5.49. The van der Waals surface area contributed by atoms with E-state index in [2.05, 4.69) is 33.0 Å². The van der Waals surface area contributed by atoms with Crippen LogP contribution < -0.4 is 5.32 Å². The molecule has 2 saturated heterocycles. The zero-order chi connectivity index (χ0) is 18.0. The summed E-state index contributed by atoms with van der Waals surface area (Å²) in [5.74, 6) is 0.643. The molecule has 4 nitrogen and oxygen atoms in total. The molecule has 0 amide bonds. The second-order valence-corrected chi connectivity index (χ2v) is 9.25. The first-order valence-electron chi connectivity index (χ1n) is 9.68. The number of rotatable bonds is 3. The summed E-state index contributed by atoms with van der Waals surface area (Å²) in [5.41, 5.74) is 0.542. The minimum Gasteiger partial charge on any atom is -0.508 e. The van der Waals surface area contributed by atoms with Gasteiger partial charge in [-0.25, -0.2) is 0 Å². The molecule has 3 N–H and O–H groups in total. The number of phenolic OH excluding ortho intramolecular Hbond substituents is 1. The summed E-state index contributed by atoms with van der Waals surface area (Å²) in [6.07, 6.45) is 3.84. The van der Waals surface area contributed by atoms with Crippen LogP contribution in [0, 0.1) is 23.7 Å². The van der Waals surface area contributed by atoms with Gasteiger partial charge in [0.15, 0.2) is 5.79 Å². The number of anilines is 1. The zero-order valence-corrected chi connectivity index (χ0v) is 15.7. The van der Waals surface area contributed by atoms with Crippen molar-refractivity contribution in [2.45, 2.75) is 70.3 Å². The number of hydrogen-bond donors (Lipinski definition) is 3. The molecule has 2 heterocycles. The molecule has 4 rings (SSSR count). The van der Waals surface area contributed by atoms with E-state index < -0.39 is 5.79 Å². The molecule has 0 radical (unpaired) electrons. The van der Waals surface area contributed by atoms with Gasteiger partial charge in [-0.3, -0.25) is 0 Å². The van der Waals surface area contributed by atoms with Crippen LogP contribution in [0.5, 0.6) is 5.75 Å². The molecule has 1 aromatic carbocycles. The van der Waals surface area contributed by atoms with Crippen LogP contribution in [0.3, 0.4) is 0 Å². The smallest absolute Gasteiger partial charge is 0.171 e. The van der Waals surface area contributed by atoms with E-state index in [-0.39, 0.29) is 22.8 Å². The van der Waals surface area contributed by atoms with Crippen LogP contribution in [-0.4, -0.2) is 27.1 Å². The molecule has 1 saturated carbocycles. The minimum atomic E-state index is -1.05. The van der Waals surface area contributed by atoms with E-state index in [9.17, 15) is 10.2 Å². The van der Waals surface area contributed by atoms with E-state index in [4.69, 9.17) is 4.74 Å². The Morgan fingerprint density at radius 3 is 2.52 bits per heavy atom. The van der Waals surface area contributed by atoms with Gasteiger partial charge in [0, 0.05) is 29.5 Å². The summed E-state index contributed by atoms with van der Waals surface area (Å²) in [6.45, 7) is 8.92. The number of phenols is 1. The first-order chi connectivity index (χ1) is 11.7. The summed E-state index contributed by atoms with van der Waals surface area (Å²) in [7, 11) is 0. The molecule has 3 aliphatic rings. The van der Waals surface area contributed by atoms with Crippen molar-refractivity contribution in [2.24, 2.45) is 23.7 Å². The third-order valence-electron chi connectivity index (χ3n) is 7.29. The second-order valence-electron chi connectivity index (χ2n) is 9.25. The van der Waals surface area contributed by atoms with Crippen LogP contribution in [0.15, 0.2) is 24.3 Å². The van der Waals surface area contributed by atoms with Gasteiger partial charge in [-0.05, 0) is 62.3 Å². The summed E-state index contributed by atoms with van der Waals surface area (Å²) in [6, 6.07) is 7.23. The lowest BCUT2D eigenvalue weighted by molar-refractivity contribution is -0.295. The monoisotopic (exact) mass is 345 g/mol. The lowest BCUT2D eigenvalue weighted by Gasteiger charge is -2.53. The van der Waals surface area contributed by atoms with Crippen LogP contribution in [0.2, 0.25) is 0 Å². The maximum Gasteiger partial charge on any atom is 0.171 e. The second kappa shape index (κ2) is 5.37. The van der Waals surface area contributed by atoms with Gasteiger partial charge in [0.05, 0.1) is 5.60 Å². The molecular weight excluding hydrogens is 314 g/mol. The molecule has 0 aromatic heterocycles. The van der Waals surface area contributed by atoms with Crippen LogP contribution >= 0.6 is 0 Å². The predicted molar refractivity (Wildman–Crippen MR) is 98.4 cm³/mol. The average Bonchev–Trinajstić information content (AvgIpc) is 2.98. The Hall–Kier alpha value is -1.26.